The van der Waals surface area contributed by atoms with E-state index >= 15 is 0 Å². The van der Waals surface area contributed by atoms with Crippen LogP contribution in [0.4, 0.5) is 11.4 Å². The third kappa shape index (κ3) is 5.26. The van der Waals surface area contributed by atoms with Crippen LogP contribution in [0.15, 0.2) is 36.4 Å². The number of ether oxygens (including phenoxy) is 2. The van der Waals surface area contributed by atoms with E-state index < -0.39 is 6.04 Å². The Morgan fingerprint density at radius 2 is 1.76 bits per heavy atom. The number of carbonyl (C=O) groups excluding carboxylic acids is 2. The van der Waals surface area contributed by atoms with Gasteiger partial charge in [0.15, 0.2) is 11.5 Å². The fourth-order valence-corrected chi connectivity index (χ4v) is 2.99. The Bertz CT molecular complexity index is 913. The van der Waals surface area contributed by atoms with Gasteiger partial charge in [0, 0.05) is 17.4 Å². The molecule has 7 nitrogen and oxygen atoms in total. The van der Waals surface area contributed by atoms with Gasteiger partial charge in [-0.2, -0.15) is 0 Å². The molecule has 3 rings (SSSR count). The van der Waals surface area contributed by atoms with E-state index in [1.54, 1.807) is 37.1 Å². The van der Waals surface area contributed by atoms with Crippen LogP contribution in [0.25, 0.3) is 0 Å². The molecule has 2 aromatic carbocycles. The third-order valence-corrected chi connectivity index (χ3v) is 4.91. The zero-order valence-corrected chi connectivity index (χ0v) is 17.2. The van der Waals surface area contributed by atoms with Gasteiger partial charge in [-0.1, -0.05) is 12.1 Å². The van der Waals surface area contributed by atoms with Crippen LogP contribution in [0.2, 0.25) is 0 Å². The number of fused-ring (bicyclic) bond motifs is 1. The highest BCUT2D eigenvalue weighted by atomic mass is 16.6. The number of amides is 2. The second-order valence-corrected chi connectivity index (χ2v) is 7.31. The maximum absolute atomic E-state index is 12.6. The van der Waals surface area contributed by atoms with Crippen LogP contribution in [0.3, 0.4) is 0 Å². The number of nitrogens with one attached hydrogen (secondary N) is 2. The molecule has 0 spiro atoms. The number of aryl methyl sites for hydroxylation is 2. The van der Waals surface area contributed by atoms with Crippen LogP contribution in [-0.2, 0) is 9.59 Å². The van der Waals surface area contributed by atoms with Crippen molar-refractivity contribution >= 4 is 23.2 Å². The second kappa shape index (κ2) is 8.96. The quantitative estimate of drug-likeness (QED) is 0.783. The summed E-state index contributed by atoms with van der Waals surface area (Å²) in [7, 11) is 1.75. The van der Waals surface area contributed by atoms with E-state index in [0.29, 0.717) is 30.4 Å². The molecule has 1 aliphatic heterocycles. The molecule has 0 aliphatic carbocycles. The van der Waals surface area contributed by atoms with Crippen molar-refractivity contribution in [1.29, 1.82) is 0 Å². The smallest absolute Gasteiger partial charge is 0.241 e. The molecule has 1 unspecified atom stereocenters. The first-order chi connectivity index (χ1) is 13.8. The van der Waals surface area contributed by atoms with Gasteiger partial charge in [0.2, 0.25) is 11.8 Å². The van der Waals surface area contributed by atoms with Gasteiger partial charge >= 0.3 is 0 Å². The molecule has 0 saturated carbocycles. The lowest BCUT2D eigenvalue weighted by Crippen LogP contribution is -2.43. The highest BCUT2D eigenvalue weighted by molar-refractivity contribution is 5.96. The second-order valence-electron chi connectivity index (χ2n) is 7.31. The highest BCUT2D eigenvalue weighted by Crippen LogP contribution is 2.32. The molecule has 154 valence electrons. The average Bonchev–Trinajstić information content (AvgIpc) is 2.69. The summed E-state index contributed by atoms with van der Waals surface area (Å²) in [6.45, 7) is 6.79. The minimum atomic E-state index is -0.493. The molecule has 1 atom stereocenters. The van der Waals surface area contributed by atoms with Crippen molar-refractivity contribution in [1.82, 2.24) is 4.90 Å². The minimum Gasteiger partial charge on any atom is -0.486 e. The van der Waals surface area contributed by atoms with Crippen LogP contribution in [0.1, 0.15) is 18.1 Å². The topological polar surface area (TPSA) is 79.9 Å². The summed E-state index contributed by atoms with van der Waals surface area (Å²) in [6, 6.07) is 10.7. The fourth-order valence-electron chi connectivity index (χ4n) is 2.99. The molecule has 2 amide bonds. The third-order valence-electron chi connectivity index (χ3n) is 4.91. The summed E-state index contributed by atoms with van der Waals surface area (Å²) in [5, 5.41) is 5.78. The molecule has 1 heterocycles. The summed E-state index contributed by atoms with van der Waals surface area (Å²) in [6.07, 6.45) is 0. The zero-order valence-electron chi connectivity index (χ0n) is 17.2. The van der Waals surface area contributed by atoms with Gasteiger partial charge in [0.05, 0.1) is 12.6 Å². The molecule has 29 heavy (non-hydrogen) atoms. The standard InChI is InChI=1S/C22H27N3O4/c1-14-5-6-15(2)18(11-14)24-21(26)13-25(4)16(3)22(27)23-17-7-8-19-20(12-17)29-10-9-28-19/h5-8,11-12,16H,9-10,13H2,1-4H3,(H,23,27)(H,24,26). The lowest BCUT2D eigenvalue weighted by atomic mass is 10.1. The number of carbonyl (C=O) groups is 2. The van der Waals surface area contributed by atoms with Gasteiger partial charge < -0.3 is 20.1 Å². The zero-order chi connectivity index (χ0) is 21.0. The number of likely N-dealkylation sites (N-methyl/N-ethyl adjacent to an activating group) is 1. The van der Waals surface area contributed by atoms with Gasteiger partial charge in [0.1, 0.15) is 13.2 Å². The predicted molar refractivity (Wildman–Crippen MR) is 113 cm³/mol. The Hall–Kier alpha value is -3.06. The fraction of sp³-hybridized carbons (Fsp3) is 0.364. The summed E-state index contributed by atoms with van der Waals surface area (Å²) in [5.41, 5.74) is 3.48. The van der Waals surface area contributed by atoms with Crippen molar-refractivity contribution < 1.29 is 19.1 Å². The summed E-state index contributed by atoms with van der Waals surface area (Å²) in [4.78, 5) is 26.7. The Morgan fingerprint density at radius 1 is 1.03 bits per heavy atom. The lowest BCUT2D eigenvalue weighted by Gasteiger charge is -2.24. The molecule has 7 heteroatoms. The van der Waals surface area contributed by atoms with Crippen LogP contribution in [-0.4, -0.2) is 49.6 Å². The monoisotopic (exact) mass is 397 g/mol. The van der Waals surface area contributed by atoms with E-state index in [-0.39, 0.29) is 18.4 Å². The SMILES string of the molecule is Cc1ccc(C)c(NC(=O)CN(C)C(C)C(=O)Nc2ccc3c(c2)OCCO3)c1. The number of hydrogen-bond acceptors (Lipinski definition) is 5. The summed E-state index contributed by atoms with van der Waals surface area (Å²) >= 11 is 0. The van der Waals surface area contributed by atoms with E-state index in [0.717, 1.165) is 16.8 Å². The predicted octanol–water partition coefficient (Wildman–Crippen LogP) is 2.97. The number of benzene rings is 2. The van der Waals surface area contributed by atoms with E-state index in [4.69, 9.17) is 9.47 Å². The van der Waals surface area contributed by atoms with Crippen LogP contribution < -0.4 is 20.1 Å². The normalized spacial score (nSPS) is 13.7. The van der Waals surface area contributed by atoms with Gasteiger partial charge in [-0.05, 0) is 57.1 Å². The molecule has 2 aromatic rings. The number of rotatable bonds is 6. The first-order valence-corrected chi connectivity index (χ1v) is 9.61. The molecule has 0 radical (unpaired) electrons. The maximum Gasteiger partial charge on any atom is 0.241 e. The Labute approximate surface area is 171 Å². The Kier molecular flexibility index (Phi) is 6.39. The van der Waals surface area contributed by atoms with Crippen molar-refractivity contribution in [3.63, 3.8) is 0 Å². The molecule has 0 aromatic heterocycles. The molecular weight excluding hydrogens is 370 g/mol. The first kappa shape index (κ1) is 20.7. The molecule has 1 aliphatic rings. The number of hydrogen-bond donors (Lipinski definition) is 2. The van der Waals surface area contributed by atoms with Crippen molar-refractivity contribution in [3.8, 4) is 11.5 Å². The van der Waals surface area contributed by atoms with Crippen LogP contribution in [0, 0.1) is 13.8 Å². The molecule has 2 N–H and O–H groups in total. The summed E-state index contributed by atoms with van der Waals surface area (Å²) < 4.78 is 11.0. The molecular formula is C22H27N3O4. The minimum absolute atomic E-state index is 0.100. The van der Waals surface area contributed by atoms with Gasteiger partial charge in [-0.15, -0.1) is 0 Å². The average molecular weight is 397 g/mol. The first-order valence-electron chi connectivity index (χ1n) is 9.61. The Morgan fingerprint density at radius 3 is 2.52 bits per heavy atom. The van der Waals surface area contributed by atoms with Crippen molar-refractivity contribution in [2.75, 3.05) is 37.4 Å². The highest BCUT2D eigenvalue weighted by Gasteiger charge is 2.21. The number of nitrogens with zero attached hydrogens (tertiary/aromatic N) is 1. The largest absolute Gasteiger partial charge is 0.486 e. The van der Waals surface area contributed by atoms with E-state index in [9.17, 15) is 9.59 Å². The lowest BCUT2D eigenvalue weighted by molar-refractivity contribution is -0.122. The molecule has 0 saturated heterocycles. The van der Waals surface area contributed by atoms with Crippen LogP contribution in [0.5, 0.6) is 11.5 Å². The van der Waals surface area contributed by atoms with E-state index in [1.165, 1.54) is 0 Å². The van der Waals surface area contributed by atoms with Crippen molar-refractivity contribution in [3.05, 3.63) is 47.5 Å². The Balaban J connectivity index is 1.56. The van der Waals surface area contributed by atoms with E-state index in [2.05, 4.69) is 10.6 Å². The van der Waals surface area contributed by atoms with Gasteiger partial charge in [-0.25, -0.2) is 0 Å². The van der Waals surface area contributed by atoms with Crippen molar-refractivity contribution in [2.45, 2.75) is 26.8 Å². The van der Waals surface area contributed by atoms with Gasteiger partial charge in [-0.3, -0.25) is 14.5 Å². The maximum atomic E-state index is 12.6. The van der Waals surface area contributed by atoms with E-state index in [1.807, 2.05) is 32.0 Å². The van der Waals surface area contributed by atoms with Crippen molar-refractivity contribution in [2.24, 2.45) is 0 Å². The molecule has 0 fully saturated rings. The molecule has 0 bridgehead atoms. The number of anilines is 2. The van der Waals surface area contributed by atoms with Crippen LogP contribution >= 0.6 is 0 Å². The summed E-state index contributed by atoms with van der Waals surface area (Å²) in [5.74, 6) is 0.911. The van der Waals surface area contributed by atoms with Gasteiger partial charge in [0.25, 0.3) is 0 Å².